The van der Waals surface area contributed by atoms with Gasteiger partial charge in [-0.1, -0.05) is 17.8 Å². The highest BCUT2D eigenvalue weighted by molar-refractivity contribution is 7.99. The quantitative estimate of drug-likeness (QED) is 0.645. The Kier molecular flexibility index (Phi) is 5.59. The highest BCUT2D eigenvalue weighted by Gasteiger charge is 2.10. The van der Waals surface area contributed by atoms with Crippen molar-refractivity contribution in [2.75, 3.05) is 16.4 Å². The first-order chi connectivity index (χ1) is 12.6. The van der Waals surface area contributed by atoms with Gasteiger partial charge in [0, 0.05) is 5.69 Å². The van der Waals surface area contributed by atoms with Crippen LogP contribution in [0.1, 0.15) is 10.6 Å². The van der Waals surface area contributed by atoms with Crippen LogP contribution >= 0.6 is 11.8 Å². The predicted molar refractivity (Wildman–Crippen MR) is 94.4 cm³/mol. The normalized spacial score (nSPS) is 10.3. The topological polar surface area (TPSA) is 97.1 Å². The molecule has 2 amide bonds. The number of furan rings is 1. The second-order valence-corrected chi connectivity index (χ2v) is 6.03. The molecule has 9 heteroatoms. The van der Waals surface area contributed by atoms with Crippen molar-refractivity contribution >= 4 is 35.1 Å². The van der Waals surface area contributed by atoms with Crippen LogP contribution < -0.4 is 10.6 Å². The molecule has 0 saturated carbocycles. The van der Waals surface area contributed by atoms with Gasteiger partial charge in [-0.05, 0) is 42.5 Å². The summed E-state index contributed by atoms with van der Waals surface area (Å²) < 4.78 is 18.1. The summed E-state index contributed by atoms with van der Waals surface area (Å²) >= 11 is 1.17. The first kappa shape index (κ1) is 17.6. The summed E-state index contributed by atoms with van der Waals surface area (Å²) in [7, 11) is 0. The first-order valence-corrected chi connectivity index (χ1v) is 8.45. The minimum absolute atomic E-state index is 0.0866. The van der Waals surface area contributed by atoms with E-state index in [4.69, 9.17) is 4.42 Å². The average molecular weight is 372 g/mol. The van der Waals surface area contributed by atoms with Crippen LogP contribution in [0.15, 0.2) is 64.2 Å². The SMILES string of the molecule is O=C(CSc1ccc(NC(=O)c2ccco2)nn1)Nc1cccc(F)c1. The van der Waals surface area contributed by atoms with Gasteiger partial charge in [0.15, 0.2) is 11.6 Å². The summed E-state index contributed by atoms with van der Waals surface area (Å²) in [4.78, 5) is 23.7. The molecule has 2 aromatic heterocycles. The third-order valence-corrected chi connectivity index (χ3v) is 4.01. The fourth-order valence-corrected chi connectivity index (χ4v) is 2.57. The Morgan fingerprint density at radius 3 is 2.65 bits per heavy atom. The summed E-state index contributed by atoms with van der Waals surface area (Å²) in [5, 5.41) is 13.5. The van der Waals surface area contributed by atoms with Crippen LogP contribution in [0, 0.1) is 5.82 Å². The van der Waals surface area contributed by atoms with Gasteiger partial charge in [0.05, 0.1) is 12.0 Å². The number of halogens is 1. The van der Waals surface area contributed by atoms with Crippen molar-refractivity contribution in [3.05, 3.63) is 66.4 Å². The molecule has 0 saturated heterocycles. The number of nitrogens with one attached hydrogen (secondary N) is 2. The van der Waals surface area contributed by atoms with E-state index in [-0.39, 0.29) is 23.2 Å². The number of aromatic nitrogens is 2. The number of hydrogen-bond donors (Lipinski definition) is 2. The third kappa shape index (κ3) is 4.90. The van der Waals surface area contributed by atoms with E-state index in [1.807, 2.05) is 0 Å². The first-order valence-electron chi connectivity index (χ1n) is 7.47. The largest absolute Gasteiger partial charge is 0.459 e. The van der Waals surface area contributed by atoms with Gasteiger partial charge in [-0.15, -0.1) is 10.2 Å². The minimum atomic E-state index is -0.431. The maximum atomic E-state index is 13.1. The fourth-order valence-electron chi connectivity index (χ4n) is 1.95. The molecule has 0 aliphatic carbocycles. The maximum Gasteiger partial charge on any atom is 0.292 e. The Morgan fingerprint density at radius 2 is 1.96 bits per heavy atom. The number of benzene rings is 1. The molecular formula is C17H13FN4O3S. The molecule has 3 rings (SSSR count). The second kappa shape index (κ2) is 8.26. The van der Waals surface area contributed by atoms with Crippen LogP contribution in [0.25, 0.3) is 0 Å². The molecule has 7 nitrogen and oxygen atoms in total. The molecule has 0 fully saturated rings. The Labute approximate surface area is 152 Å². The predicted octanol–water partition coefficient (Wildman–Crippen LogP) is 3.19. The van der Waals surface area contributed by atoms with Crippen molar-refractivity contribution in [3.8, 4) is 0 Å². The third-order valence-electron chi connectivity index (χ3n) is 3.09. The summed E-state index contributed by atoms with van der Waals surface area (Å²) in [5.41, 5.74) is 0.387. The number of amides is 2. The average Bonchev–Trinajstić information content (AvgIpc) is 3.16. The van der Waals surface area contributed by atoms with Crippen molar-refractivity contribution in [1.82, 2.24) is 10.2 Å². The highest BCUT2D eigenvalue weighted by Crippen LogP contribution is 2.17. The molecule has 1 aromatic carbocycles. The number of rotatable bonds is 6. The molecule has 2 heterocycles. The van der Waals surface area contributed by atoms with Crippen LogP contribution in [-0.4, -0.2) is 27.8 Å². The lowest BCUT2D eigenvalue weighted by Crippen LogP contribution is -2.14. The van der Waals surface area contributed by atoms with E-state index in [0.717, 1.165) is 0 Å². The molecule has 0 atom stereocenters. The van der Waals surface area contributed by atoms with E-state index in [1.165, 1.54) is 42.3 Å². The number of hydrogen-bond acceptors (Lipinski definition) is 6. The van der Waals surface area contributed by atoms with Crippen LogP contribution in [-0.2, 0) is 4.79 Å². The lowest BCUT2D eigenvalue weighted by molar-refractivity contribution is -0.113. The van der Waals surface area contributed by atoms with Gasteiger partial charge in [-0.3, -0.25) is 9.59 Å². The molecular weight excluding hydrogens is 359 g/mol. The van der Waals surface area contributed by atoms with Gasteiger partial charge in [0.25, 0.3) is 5.91 Å². The monoisotopic (exact) mass is 372 g/mol. The van der Waals surface area contributed by atoms with Gasteiger partial charge < -0.3 is 15.1 Å². The van der Waals surface area contributed by atoms with E-state index in [9.17, 15) is 14.0 Å². The molecule has 3 aromatic rings. The van der Waals surface area contributed by atoms with E-state index in [2.05, 4.69) is 20.8 Å². The molecule has 2 N–H and O–H groups in total. The van der Waals surface area contributed by atoms with Crippen molar-refractivity contribution in [2.45, 2.75) is 5.03 Å². The maximum absolute atomic E-state index is 13.1. The van der Waals surface area contributed by atoms with Gasteiger partial charge in [-0.2, -0.15) is 0 Å². The second-order valence-electron chi connectivity index (χ2n) is 5.04. The van der Waals surface area contributed by atoms with Crippen molar-refractivity contribution < 1.29 is 18.4 Å². The van der Waals surface area contributed by atoms with Gasteiger partial charge >= 0.3 is 0 Å². The smallest absolute Gasteiger partial charge is 0.292 e. The Bertz CT molecular complexity index is 901. The fraction of sp³-hybridized carbons (Fsp3) is 0.0588. The van der Waals surface area contributed by atoms with E-state index >= 15 is 0 Å². The summed E-state index contributed by atoms with van der Waals surface area (Å²) in [5.74, 6) is -0.631. The van der Waals surface area contributed by atoms with Crippen LogP contribution in [0.2, 0.25) is 0 Å². The van der Waals surface area contributed by atoms with E-state index in [1.54, 1.807) is 24.3 Å². The van der Waals surface area contributed by atoms with E-state index in [0.29, 0.717) is 10.7 Å². The zero-order valence-corrected chi connectivity index (χ0v) is 14.1. The number of anilines is 2. The van der Waals surface area contributed by atoms with E-state index < -0.39 is 11.7 Å². The van der Waals surface area contributed by atoms with Crippen molar-refractivity contribution in [1.29, 1.82) is 0 Å². The summed E-state index contributed by atoms with van der Waals surface area (Å²) in [6.45, 7) is 0. The summed E-state index contributed by atoms with van der Waals surface area (Å²) in [6, 6.07) is 12.0. The van der Waals surface area contributed by atoms with Crippen molar-refractivity contribution in [3.63, 3.8) is 0 Å². The lowest BCUT2D eigenvalue weighted by atomic mass is 10.3. The Balaban J connectivity index is 1.49. The minimum Gasteiger partial charge on any atom is -0.459 e. The molecule has 132 valence electrons. The molecule has 0 spiro atoms. The number of nitrogens with zero attached hydrogens (tertiary/aromatic N) is 2. The molecule has 0 bridgehead atoms. The highest BCUT2D eigenvalue weighted by atomic mass is 32.2. The number of thioether (sulfide) groups is 1. The van der Waals surface area contributed by atoms with Gasteiger partial charge in [0.1, 0.15) is 10.8 Å². The molecule has 0 unspecified atom stereocenters. The lowest BCUT2D eigenvalue weighted by Gasteiger charge is -2.05. The zero-order chi connectivity index (χ0) is 18.4. The van der Waals surface area contributed by atoms with Gasteiger partial charge in [0.2, 0.25) is 5.91 Å². The zero-order valence-electron chi connectivity index (χ0n) is 13.3. The Morgan fingerprint density at radius 1 is 1.08 bits per heavy atom. The van der Waals surface area contributed by atoms with Gasteiger partial charge in [-0.25, -0.2) is 4.39 Å². The summed E-state index contributed by atoms with van der Waals surface area (Å²) in [6.07, 6.45) is 1.40. The standard InChI is InChI=1S/C17H13FN4O3S/c18-11-3-1-4-12(9-11)19-15(23)10-26-16-7-6-14(21-22-16)20-17(24)13-5-2-8-25-13/h1-9H,10H2,(H,19,23)(H,20,21,24). The number of carbonyl (C=O) groups excluding carboxylic acids is 2. The van der Waals surface area contributed by atoms with Crippen LogP contribution in [0.4, 0.5) is 15.9 Å². The molecule has 0 radical (unpaired) electrons. The van der Waals surface area contributed by atoms with Crippen molar-refractivity contribution in [2.24, 2.45) is 0 Å². The molecule has 0 aliphatic heterocycles. The molecule has 0 aliphatic rings. The Hall–Kier alpha value is -3.20. The van der Waals surface area contributed by atoms with Crippen LogP contribution in [0.5, 0.6) is 0 Å². The van der Waals surface area contributed by atoms with Crippen LogP contribution in [0.3, 0.4) is 0 Å². The molecule has 26 heavy (non-hydrogen) atoms. The number of carbonyl (C=O) groups is 2.